The van der Waals surface area contributed by atoms with Crippen LogP contribution < -0.4 is 0 Å². The number of ketones is 1. The number of aromatic nitrogens is 2. The van der Waals surface area contributed by atoms with Crippen LogP contribution in [-0.4, -0.2) is 27.6 Å². The minimum Gasteiger partial charge on any atom is -0.462 e. The van der Waals surface area contributed by atoms with Crippen molar-refractivity contribution in [3.63, 3.8) is 0 Å². The summed E-state index contributed by atoms with van der Waals surface area (Å²) in [7, 11) is 1.86. The van der Waals surface area contributed by atoms with E-state index in [1.54, 1.807) is 17.8 Å². The second-order valence-electron chi connectivity index (χ2n) is 4.72. The van der Waals surface area contributed by atoms with E-state index in [1.165, 1.54) is 0 Å². The van der Waals surface area contributed by atoms with E-state index < -0.39 is 0 Å². The van der Waals surface area contributed by atoms with Crippen molar-refractivity contribution in [3.8, 4) is 0 Å². The van der Waals surface area contributed by atoms with E-state index in [1.807, 2.05) is 13.1 Å². The fourth-order valence-electron chi connectivity index (χ4n) is 2.46. The molecule has 0 aliphatic heterocycles. The topological polar surface area (TPSA) is 61.2 Å². The van der Waals surface area contributed by atoms with Gasteiger partial charge in [0.2, 0.25) is 0 Å². The van der Waals surface area contributed by atoms with Crippen LogP contribution in [0.25, 0.3) is 0 Å². The lowest BCUT2D eigenvalue weighted by Gasteiger charge is -2.28. The largest absolute Gasteiger partial charge is 0.462 e. The molecule has 1 aliphatic carbocycles. The zero-order valence-corrected chi connectivity index (χ0v) is 10.8. The molecular weight excluding hydrogens is 232 g/mol. The molecule has 1 aromatic rings. The third kappa shape index (κ3) is 2.78. The first-order valence-corrected chi connectivity index (χ1v) is 6.29. The number of carbonyl (C=O) groups excluding carboxylic acids is 2. The molecule has 0 N–H and O–H groups in total. The van der Waals surface area contributed by atoms with Crippen LogP contribution in [0.4, 0.5) is 0 Å². The average molecular weight is 250 g/mol. The number of esters is 1. The molecule has 1 aliphatic rings. The molecule has 0 amide bonds. The smallest absolute Gasteiger partial charge is 0.305 e. The number of rotatable bonds is 3. The van der Waals surface area contributed by atoms with E-state index in [-0.39, 0.29) is 23.8 Å². The highest BCUT2D eigenvalue weighted by Crippen LogP contribution is 2.32. The van der Waals surface area contributed by atoms with Gasteiger partial charge in [0.1, 0.15) is 11.9 Å². The molecule has 2 unspecified atom stereocenters. The first kappa shape index (κ1) is 12.8. The van der Waals surface area contributed by atoms with E-state index in [2.05, 4.69) is 5.10 Å². The van der Waals surface area contributed by atoms with Gasteiger partial charge in [0.25, 0.3) is 0 Å². The van der Waals surface area contributed by atoms with Crippen molar-refractivity contribution < 1.29 is 14.3 Å². The summed E-state index contributed by atoms with van der Waals surface area (Å²) in [5.74, 6) is 0.0215. The van der Waals surface area contributed by atoms with Gasteiger partial charge in [-0.25, -0.2) is 0 Å². The first-order chi connectivity index (χ1) is 8.60. The Balaban J connectivity index is 2.07. The van der Waals surface area contributed by atoms with Crippen LogP contribution >= 0.6 is 0 Å². The van der Waals surface area contributed by atoms with E-state index in [0.29, 0.717) is 25.7 Å². The van der Waals surface area contributed by atoms with Gasteiger partial charge >= 0.3 is 5.97 Å². The van der Waals surface area contributed by atoms with Crippen molar-refractivity contribution in [1.82, 2.24) is 9.78 Å². The SMILES string of the molecule is CCC(=O)OC1CC(=O)CC(c2ccnn2C)C1. The number of aryl methyl sites for hydroxylation is 1. The van der Waals surface area contributed by atoms with Gasteiger partial charge in [0.15, 0.2) is 0 Å². The van der Waals surface area contributed by atoms with Crippen LogP contribution in [0.3, 0.4) is 0 Å². The van der Waals surface area contributed by atoms with Crippen molar-refractivity contribution in [3.05, 3.63) is 18.0 Å². The summed E-state index contributed by atoms with van der Waals surface area (Å²) in [4.78, 5) is 23.0. The standard InChI is InChI=1S/C13H18N2O3/c1-3-13(17)18-11-7-9(6-10(16)8-11)12-4-5-14-15(12)2/h4-5,9,11H,3,6-8H2,1-2H3. The Bertz CT molecular complexity index is 453. The van der Waals surface area contributed by atoms with E-state index in [9.17, 15) is 9.59 Å². The van der Waals surface area contributed by atoms with Crippen LogP contribution in [0.2, 0.25) is 0 Å². The lowest BCUT2D eigenvalue weighted by atomic mass is 9.84. The molecule has 0 radical (unpaired) electrons. The van der Waals surface area contributed by atoms with Crippen molar-refractivity contribution in [2.24, 2.45) is 7.05 Å². The highest BCUT2D eigenvalue weighted by molar-refractivity contribution is 5.81. The van der Waals surface area contributed by atoms with Crippen molar-refractivity contribution in [2.45, 2.75) is 44.6 Å². The molecule has 18 heavy (non-hydrogen) atoms. The molecule has 1 saturated carbocycles. The zero-order valence-electron chi connectivity index (χ0n) is 10.8. The second-order valence-corrected chi connectivity index (χ2v) is 4.72. The van der Waals surface area contributed by atoms with Gasteiger partial charge in [-0.2, -0.15) is 5.10 Å². The monoisotopic (exact) mass is 250 g/mol. The Morgan fingerprint density at radius 1 is 1.56 bits per heavy atom. The van der Waals surface area contributed by atoms with Gasteiger partial charge in [-0.1, -0.05) is 6.92 Å². The van der Waals surface area contributed by atoms with Gasteiger partial charge in [-0.05, 0) is 12.5 Å². The van der Waals surface area contributed by atoms with Gasteiger partial charge in [0.05, 0.1) is 0 Å². The average Bonchev–Trinajstić information content (AvgIpc) is 2.74. The summed E-state index contributed by atoms with van der Waals surface area (Å²) < 4.78 is 7.07. The summed E-state index contributed by atoms with van der Waals surface area (Å²) in [6, 6.07) is 1.92. The third-order valence-corrected chi connectivity index (χ3v) is 3.34. The van der Waals surface area contributed by atoms with E-state index in [0.717, 1.165) is 5.69 Å². The van der Waals surface area contributed by atoms with Crippen LogP contribution in [0, 0.1) is 0 Å². The fraction of sp³-hybridized carbons (Fsp3) is 0.615. The fourth-order valence-corrected chi connectivity index (χ4v) is 2.46. The maximum atomic E-state index is 11.7. The van der Waals surface area contributed by atoms with Crippen molar-refractivity contribution in [2.75, 3.05) is 0 Å². The quantitative estimate of drug-likeness (QED) is 0.764. The van der Waals surface area contributed by atoms with Crippen LogP contribution in [0.1, 0.15) is 44.2 Å². The second kappa shape index (κ2) is 5.33. The number of hydrogen-bond donors (Lipinski definition) is 0. The lowest BCUT2D eigenvalue weighted by Crippen LogP contribution is -2.30. The molecule has 0 spiro atoms. The molecule has 98 valence electrons. The normalized spacial score (nSPS) is 24.0. The number of carbonyl (C=O) groups is 2. The Labute approximate surface area is 106 Å². The maximum absolute atomic E-state index is 11.7. The van der Waals surface area contributed by atoms with E-state index >= 15 is 0 Å². The molecule has 2 atom stereocenters. The number of ether oxygens (including phenoxy) is 1. The predicted octanol–water partition coefficient (Wildman–Crippen LogP) is 1.58. The van der Waals surface area contributed by atoms with Crippen LogP contribution in [0.15, 0.2) is 12.3 Å². The highest BCUT2D eigenvalue weighted by Gasteiger charge is 2.31. The maximum Gasteiger partial charge on any atom is 0.305 e. The van der Waals surface area contributed by atoms with Gasteiger partial charge < -0.3 is 4.74 Å². The lowest BCUT2D eigenvalue weighted by molar-refractivity contribution is -0.151. The predicted molar refractivity (Wildman–Crippen MR) is 65.0 cm³/mol. The molecule has 0 saturated heterocycles. The Morgan fingerprint density at radius 3 is 2.94 bits per heavy atom. The molecule has 5 heteroatoms. The highest BCUT2D eigenvalue weighted by atomic mass is 16.5. The molecule has 2 rings (SSSR count). The summed E-state index contributed by atoms with van der Waals surface area (Å²) >= 11 is 0. The summed E-state index contributed by atoms with van der Waals surface area (Å²) in [6.07, 6.45) is 3.36. The zero-order chi connectivity index (χ0) is 13.1. The minimum atomic E-state index is -0.279. The molecular formula is C13H18N2O3. The number of hydrogen-bond acceptors (Lipinski definition) is 4. The van der Waals surface area contributed by atoms with Gasteiger partial charge in [0, 0.05) is 44.1 Å². The third-order valence-electron chi connectivity index (χ3n) is 3.34. The number of nitrogens with zero attached hydrogens (tertiary/aromatic N) is 2. The minimum absolute atomic E-state index is 0.105. The van der Waals surface area contributed by atoms with Crippen LogP contribution in [0.5, 0.6) is 0 Å². The molecule has 0 aromatic carbocycles. The first-order valence-electron chi connectivity index (χ1n) is 6.29. The van der Waals surface area contributed by atoms with Gasteiger partial charge in [-0.3, -0.25) is 14.3 Å². The number of Topliss-reactive ketones (excluding diaryl/α,β-unsaturated/α-hetero) is 1. The summed E-state index contributed by atoms with van der Waals surface area (Å²) in [6.45, 7) is 1.76. The molecule has 1 aromatic heterocycles. The van der Waals surface area contributed by atoms with Crippen molar-refractivity contribution >= 4 is 11.8 Å². The summed E-state index contributed by atoms with van der Waals surface area (Å²) in [5.41, 5.74) is 1.03. The Kier molecular flexibility index (Phi) is 3.79. The molecule has 5 nitrogen and oxygen atoms in total. The molecule has 1 fully saturated rings. The molecule has 1 heterocycles. The van der Waals surface area contributed by atoms with Gasteiger partial charge in [-0.15, -0.1) is 0 Å². The van der Waals surface area contributed by atoms with E-state index in [4.69, 9.17) is 4.74 Å². The van der Waals surface area contributed by atoms with Crippen LogP contribution in [-0.2, 0) is 21.4 Å². The Hall–Kier alpha value is -1.65. The molecule has 0 bridgehead atoms. The Morgan fingerprint density at radius 2 is 2.33 bits per heavy atom. The van der Waals surface area contributed by atoms with Crippen molar-refractivity contribution in [1.29, 1.82) is 0 Å². The summed E-state index contributed by atoms with van der Waals surface area (Å²) in [5, 5.41) is 4.12.